The topological polar surface area (TPSA) is 37.8 Å². The van der Waals surface area contributed by atoms with Gasteiger partial charge in [-0.1, -0.05) is 23.5 Å². The number of thiazole rings is 2. The molecule has 2 aromatic carbocycles. The van der Waals surface area contributed by atoms with E-state index >= 15 is 0 Å². The van der Waals surface area contributed by atoms with E-state index in [0.29, 0.717) is 0 Å². The standard InChI is InChI=1S/C22H16FN3S3/c23-12-9-10-15-18(11-12)29-22(25-15)26-21-19(13-5-1-3-7-16(13)27-21)20-24-14-6-2-4-8-17(14)28-20/h2,4,6,8-11H,1,3,5,7H2,(H,25,26). The van der Waals surface area contributed by atoms with Crippen molar-refractivity contribution in [2.24, 2.45) is 0 Å². The number of aromatic nitrogens is 2. The van der Waals surface area contributed by atoms with Crippen LogP contribution in [0.1, 0.15) is 23.3 Å². The average Bonchev–Trinajstić information content (AvgIpc) is 3.41. The summed E-state index contributed by atoms with van der Waals surface area (Å²) < 4.78 is 15.6. The first-order valence-corrected chi connectivity index (χ1v) is 12.0. The molecule has 6 rings (SSSR count). The van der Waals surface area contributed by atoms with Crippen LogP contribution in [0, 0.1) is 5.82 Å². The van der Waals surface area contributed by atoms with Gasteiger partial charge in [0.1, 0.15) is 15.8 Å². The monoisotopic (exact) mass is 437 g/mol. The Labute approximate surface area is 178 Å². The molecule has 0 radical (unpaired) electrons. The SMILES string of the molecule is Fc1ccc2nc(Nc3sc4c(c3-c3nc5ccccc5s3)CCCC4)sc2c1. The quantitative estimate of drug-likeness (QED) is 0.320. The molecule has 0 atom stereocenters. The van der Waals surface area contributed by atoms with Gasteiger partial charge < -0.3 is 5.32 Å². The molecule has 3 nitrogen and oxygen atoms in total. The number of rotatable bonds is 3. The molecule has 1 aliphatic carbocycles. The number of hydrogen-bond acceptors (Lipinski definition) is 6. The Morgan fingerprint density at radius 3 is 2.66 bits per heavy atom. The van der Waals surface area contributed by atoms with Crippen LogP contribution >= 0.6 is 34.0 Å². The first-order valence-electron chi connectivity index (χ1n) is 9.58. The summed E-state index contributed by atoms with van der Waals surface area (Å²) in [6, 6.07) is 13.0. The molecular weight excluding hydrogens is 421 g/mol. The minimum Gasteiger partial charge on any atom is -0.323 e. The van der Waals surface area contributed by atoms with Crippen LogP contribution < -0.4 is 5.32 Å². The van der Waals surface area contributed by atoms with Crippen LogP contribution in [0.5, 0.6) is 0 Å². The van der Waals surface area contributed by atoms with E-state index in [1.807, 2.05) is 17.4 Å². The molecule has 1 aliphatic rings. The summed E-state index contributed by atoms with van der Waals surface area (Å²) in [5.74, 6) is -0.227. The second-order valence-corrected chi connectivity index (χ2v) is 10.3. The van der Waals surface area contributed by atoms with Gasteiger partial charge in [0.2, 0.25) is 0 Å². The number of halogens is 1. The van der Waals surface area contributed by atoms with E-state index in [-0.39, 0.29) is 5.82 Å². The third-order valence-corrected chi connectivity index (χ3v) is 8.44. The average molecular weight is 438 g/mol. The molecule has 7 heteroatoms. The van der Waals surface area contributed by atoms with Crippen molar-refractivity contribution in [3.63, 3.8) is 0 Å². The van der Waals surface area contributed by atoms with Crippen LogP contribution in [0.4, 0.5) is 14.5 Å². The van der Waals surface area contributed by atoms with Crippen molar-refractivity contribution < 1.29 is 4.39 Å². The molecule has 0 aliphatic heterocycles. The van der Waals surface area contributed by atoms with Crippen LogP contribution in [0.25, 0.3) is 31.0 Å². The first-order chi connectivity index (χ1) is 14.2. The highest BCUT2D eigenvalue weighted by Crippen LogP contribution is 2.47. The van der Waals surface area contributed by atoms with Crippen molar-refractivity contribution in [3.8, 4) is 10.6 Å². The van der Waals surface area contributed by atoms with Gasteiger partial charge in [-0.2, -0.15) is 0 Å². The molecule has 3 heterocycles. The lowest BCUT2D eigenvalue weighted by Gasteiger charge is -2.11. The Morgan fingerprint density at radius 2 is 1.72 bits per heavy atom. The molecule has 5 aromatic rings. The molecule has 3 aromatic heterocycles. The zero-order valence-corrected chi connectivity index (χ0v) is 17.8. The normalized spacial score (nSPS) is 13.8. The molecule has 0 fully saturated rings. The van der Waals surface area contributed by atoms with Crippen LogP contribution in [-0.2, 0) is 12.8 Å². The Balaban J connectivity index is 1.48. The van der Waals surface area contributed by atoms with E-state index in [1.54, 1.807) is 23.5 Å². The lowest BCUT2D eigenvalue weighted by molar-refractivity contribution is 0.630. The third kappa shape index (κ3) is 3.04. The molecule has 1 N–H and O–H groups in total. The Hall–Kier alpha value is -2.35. The van der Waals surface area contributed by atoms with E-state index < -0.39 is 0 Å². The van der Waals surface area contributed by atoms with Gasteiger partial charge in [-0.3, -0.25) is 0 Å². The first kappa shape index (κ1) is 17.5. The molecule has 144 valence electrons. The van der Waals surface area contributed by atoms with Gasteiger partial charge in [-0.15, -0.1) is 22.7 Å². The lowest BCUT2D eigenvalue weighted by Crippen LogP contribution is -1.99. The fourth-order valence-electron chi connectivity index (χ4n) is 3.91. The van der Waals surface area contributed by atoms with Crippen molar-refractivity contribution >= 4 is 64.6 Å². The predicted octanol–water partition coefficient (Wildman–Crippen LogP) is 7.40. The maximum absolute atomic E-state index is 13.6. The van der Waals surface area contributed by atoms with Gasteiger partial charge >= 0.3 is 0 Å². The van der Waals surface area contributed by atoms with Gasteiger partial charge in [-0.25, -0.2) is 14.4 Å². The Bertz CT molecular complexity index is 1330. The summed E-state index contributed by atoms with van der Waals surface area (Å²) >= 11 is 5.06. The highest BCUT2D eigenvalue weighted by atomic mass is 32.1. The minimum atomic E-state index is -0.227. The summed E-state index contributed by atoms with van der Waals surface area (Å²) in [7, 11) is 0. The number of para-hydroxylation sites is 1. The number of thiophene rings is 1. The van der Waals surface area contributed by atoms with Crippen LogP contribution in [-0.4, -0.2) is 9.97 Å². The molecule has 0 spiro atoms. The molecular formula is C22H16FN3S3. The molecule has 0 saturated carbocycles. The molecule has 0 bridgehead atoms. The molecule has 29 heavy (non-hydrogen) atoms. The maximum atomic E-state index is 13.6. The fourth-order valence-corrected chi connectivity index (χ4v) is 7.27. The second kappa shape index (κ2) is 6.86. The van der Waals surface area contributed by atoms with Gasteiger partial charge in [0.15, 0.2) is 5.13 Å². The van der Waals surface area contributed by atoms with Gasteiger partial charge in [-0.05, 0) is 61.6 Å². The number of nitrogens with one attached hydrogen (secondary N) is 1. The molecule has 0 unspecified atom stereocenters. The third-order valence-electron chi connectivity index (χ3n) is 5.25. The van der Waals surface area contributed by atoms with Gasteiger partial charge in [0.05, 0.1) is 20.4 Å². The maximum Gasteiger partial charge on any atom is 0.188 e. The molecule has 0 saturated heterocycles. The largest absolute Gasteiger partial charge is 0.323 e. The second-order valence-electron chi connectivity index (χ2n) is 7.16. The molecule has 0 amide bonds. The van der Waals surface area contributed by atoms with E-state index in [4.69, 9.17) is 4.98 Å². The van der Waals surface area contributed by atoms with E-state index in [2.05, 4.69) is 28.5 Å². The fraction of sp³-hybridized carbons (Fsp3) is 0.182. The highest BCUT2D eigenvalue weighted by molar-refractivity contribution is 7.24. The summed E-state index contributed by atoms with van der Waals surface area (Å²) in [6.45, 7) is 0. The van der Waals surface area contributed by atoms with Crippen LogP contribution in [0.2, 0.25) is 0 Å². The summed E-state index contributed by atoms with van der Waals surface area (Å²) in [5.41, 5.74) is 4.54. The van der Waals surface area contributed by atoms with Crippen LogP contribution in [0.15, 0.2) is 42.5 Å². The smallest absolute Gasteiger partial charge is 0.188 e. The van der Waals surface area contributed by atoms with Crippen molar-refractivity contribution in [2.45, 2.75) is 25.7 Å². The van der Waals surface area contributed by atoms with Crippen molar-refractivity contribution in [2.75, 3.05) is 5.32 Å². The number of benzene rings is 2. The number of fused-ring (bicyclic) bond motifs is 3. The van der Waals surface area contributed by atoms with Crippen molar-refractivity contribution in [1.29, 1.82) is 0 Å². The zero-order chi connectivity index (χ0) is 19.4. The zero-order valence-electron chi connectivity index (χ0n) is 15.4. The number of anilines is 2. The van der Waals surface area contributed by atoms with Crippen molar-refractivity contribution in [3.05, 3.63) is 58.7 Å². The van der Waals surface area contributed by atoms with E-state index in [9.17, 15) is 4.39 Å². The van der Waals surface area contributed by atoms with Crippen LogP contribution in [0.3, 0.4) is 0 Å². The Kier molecular flexibility index (Phi) is 4.14. The van der Waals surface area contributed by atoms with Crippen molar-refractivity contribution in [1.82, 2.24) is 9.97 Å². The minimum absolute atomic E-state index is 0.227. The number of hydrogen-bond donors (Lipinski definition) is 1. The van der Waals surface area contributed by atoms with Gasteiger partial charge in [0, 0.05) is 10.4 Å². The van der Waals surface area contributed by atoms with E-state index in [1.165, 1.54) is 50.9 Å². The Morgan fingerprint density at radius 1 is 0.862 bits per heavy atom. The summed E-state index contributed by atoms with van der Waals surface area (Å²) in [5, 5.41) is 6.53. The van der Waals surface area contributed by atoms with Gasteiger partial charge in [0.25, 0.3) is 0 Å². The summed E-state index contributed by atoms with van der Waals surface area (Å²) in [4.78, 5) is 11.1. The predicted molar refractivity (Wildman–Crippen MR) is 122 cm³/mol. The highest BCUT2D eigenvalue weighted by Gasteiger charge is 2.24. The van der Waals surface area contributed by atoms with E-state index in [0.717, 1.165) is 43.7 Å². The number of nitrogens with zero attached hydrogens (tertiary/aromatic N) is 2. The number of aryl methyl sites for hydroxylation is 1. The summed E-state index contributed by atoms with van der Waals surface area (Å²) in [6.07, 6.45) is 4.70. The lowest BCUT2D eigenvalue weighted by atomic mass is 9.96.